The SMILES string of the molecule is O=C(C#Cc1ccccc1)NCc1cccc(O)c1. The third kappa shape index (κ3) is 4.21. The Kier molecular flexibility index (Phi) is 4.20. The number of benzene rings is 2. The van der Waals surface area contributed by atoms with Crippen LogP contribution in [0.4, 0.5) is 0 Å². The number of carbonyl (C=O) groups is 1. The lowest BCUT2D eigenvalue weighted by molar-refractivity contribution is -0.115. The largest absolute Gasteiger partial charge is 0.508 e. The first-order chi connectivity index (χ1) is 9.24. The molecular weight excluding hydrogens is 238 g/mol. The molecule has 2 rings (SSSR count). The van der Waals surface area contributed by atoms with E-state index in [4.69, 9.17) is 0 Å². The molecule has 0 fully saturated rings. The van der Waals surface area contributed by atoms with E-state index in [0.29, 0.717) is 6.54 Å². The summed E-state index contributed by atoms with van der Waals surface area (Å²) in [5, 5.41) is 12.0. The summed E-state index contributed by atoms with van der Waals surface area (Å²) in [6, 6.07) is 16.1. The Balaban J connectivity index is 1.91. The van der Waals surface area contributed by atoms with Crippen molar-refractivity contribution in [1.82, 2.24) is 5.32 Å². The van der Waals surface area contributed by atoms with Gasteiger partial charge in [0.15, 0.2) is 0 Å². The van der Waals surface area contributed by atoms with Crippen molar-refractivity contribution >= 4 is 5.91 Å². The fourth-order valence-electron chi connectivity index (χ4n) is 1.54. The molecule has 94 valence electrons. The Labute approximate surface area is 111 Å². The topological polar surface area (TPSA) is 49.3 Å². The molecule has 0 radical (unpaired) electrons. The summed E-state index contributed by atoms with van der Waals surface area (Å²) in [5.74, 6) is 5.14. The van der Waals surface area contributed by atoms with Crippen molar-refractivity contribution in [3.63, 3.8) is 0 Å². The van der Waals surface area contributed by atoms with E-state index in [0.717, 1.165) is 11.1 Å². The number of amides is 1. The maximum Gasteiger partial charge on any atom is 0.296 e. The molecule has 0 atom stereocenters. The highest BCUT2D eigenvalue weighted by molar-refractivity contribution is 5.94. The summed E-state index contributed by atoms with van der Waals surface area (Å²) in [7, 11) is 0. The van der Waals surface area contributed by atoms with Crippen LogP contribution in [0.25, 0.3) is 0 Å². The van der Waals surface area contributed by atoms with Gasteiger partial charge >= 0.3 is 0 Å². The van der Waals surface area contributed by atoms with Crippen LogP contribution >= 0.6 is 0 Å². The van der Waals surface area contributed by atoms with Gasteiger partial charge in [0.25, 0.3) is 5.91 Å². The molecule has 3 heteroatoms. The average Bonchev–Trinajstić information content (AvgIpc) is 2.44. The zero-order chi connectivity index (χ0) is 13.5. The van der Waals surface area contributed by atoms with E-state index in [1.807, 2.05) is 36.4 Å². The van der Waals surface area contributed by atoms with Crippen LogP contribution < -0.4 is 5.32 Å². The first-order valence-electron chi connectivity index (χ1n) is 5.87. The zero-order valence-electron chi connectivity index (χ0n) is 10.3. The third-order valence-electron chi connectivity index (χ3n) is 2.46. The smallest absolute Gasteiger partial charge is 0.296 e. The molecule has 0 unspecified atom stereocenters. The third-order valence-corrected chi connectivity index (χ3v) is 2.46. The molecule has 0 heterocycles. The highest BCUT2D eigenvalue weighted by Crippen LogP contribution is 2.10. The molecule has 3 nitrogen and oxygen atoms in total. The van der Waals surface area contributed by atoms with Crippen molar-refractivity contribution in [3.05, 3.63) is 65.7 Å². The summed E-state index contributed by atoms with van der Waals surface area (Å²) in [5.41, 5.74) is 1.63. The van der Waals surface area contributed by atoms with E-state index in [-0.39, 0.29) is 11.7 Å². The quantitative estimate of drug-likeness (QED) is 0.803. The standard InChI is InChI=1S/C16H13NO2/c18-15-8-4-7-14(11-15)12-17-16(19)10-9-13-5-2-1-3-6-13/h1-8,11,18H,12H2,(H,17,19). The maximum absolute atomic E-state index is 11.5. The van der Waals surface area contributed by atoms with Crippen molar-refractivity contribution in [1.29, 1.82) is 0 Å². The Bertz CT molecular complexity index is 624. The van der Waals surface area contributed by atoms with Crippen LogP contribution in [-0.4, -0.2) is 11.0 Å². The Morgan fingerprint density at radius 3 is 2.63 bits per heavy atom. The normalized spacial score (nSPS) is 9.26. The molecule has 0 aromatic heterocycles. The first-order valence-corrected chi connectivity index (χ1v) is 5.87. The van der Waals surface area contributed by atoms with Crippen LogP contribution in [0.15, 0.2) is 54.6 Å². The maximum atomic E-state index is 11.5. The number of rotatable bonds is 2. The molecule has 19 heavy (non-hydrogen) atoms. The summed E-state index contributed by atoms with van der Waals surface area (Å²) in [4.78, 5) is 11.5. The molecule has 0 spiro atoms. The molecule has 2 N–H and O–H groups in total. The van der Waals surface area contributed by atoms with Gasteiger partial charge in [-0.25, -0.2) is 0 Å². The summed E-state index contributed by atoms with van der Waals surface area (Å²) >= 11 is 0. The monoisotopic (exact) mass is 251 g/mol. The van der Waals surface area contributed by atoms with Crippen LogP contribution in [0.1, 0.15) is 11.1 Å². The predicted octanol–water partition coefficient (Wildman–Crippen LogP) is 2.06. The molecule has 2 aromatic carbocycles. The van der Waals surface area contributed by atoms with E-state index < -0.39 is 0 Å². The molecule has 2 aromatic rings. The fraction of sp³-hybridized carbons (Fsp3) is 0.0625. The number of phenols is 1. The van der Waals surface area contributed by atoms with Crippen molar-refractivity contribution in [2.24, 2.45) is 0 Å². The molecule has 0 aliphatic rings. The van der Waals surface area contributed by atoms with Gasteiger partial charge in [0.05, 0.1) is 0 Å². The lowest BCUT2D eigenvalue weighted by Gasteiger charge is -2.01. The Morgan fingerprint density at radius 2 is 1.89 bits per heavy atom. The lowest BCUT2D eigenvalue weighted by atomic mass is 10.2. The summed E-state index contributed by atoms with van der Waals surface area (Å²) < 4.78 is 0. The minimum absolute atomic E-state index is 0.183. The molecule has 1 amide bonds. The zero-order valence-corrected chi connectivity index (χ0v) is 10.3. The highest BCUT2D eigenvalue weighted by Gasteiger charge is 1.97. The average molecular weight is 251 g/mol. The van der Waals surface area contributed by atoms with Crippen LogP contribution in [0.3, 0.4) is 0 Å². The van der Waals surface area contributed by atoms with Crippen molar-refractivity contribution in [3.8, 4) is 17.6 Å². The number of aromatic hydroxyl groups is 1. The second-order valence-electron chi connectivity index (χ2n) is 3.97. The molecule has 0 aliphatic heterocycles. The van der Waals surface area contributed by atoms with Crippen LogP contribution in [0.2, 0.25) is 0 Å². The molecule has 0 bridgehead atoms. The van der Waals surface area contributed by atoms with Crippen molar-refractivity contribution in [2.75, 3.05) is 0 Å². The van der Waals surface area contributed by atoms with E-state index >= 15 is 0 Å². The Morgan fingerprint density at radius 1 is 1.11 bits per heavy atom. The minimum Gasteiger partial charge on any atom is -0.508 e. The van der Waals surface area contributed by atoms with Crippen molar-refractivity contribution in [2.45, 2.75) is 6.54 Å². The second-order valence-corrected chi connectivity index (χ2v) is 3.97. The van der Waals surface area contributed by atoms with E-state index in [1.165, 1.54) is 0 Å². The number of carbonyl (C=O) groups excluding carboxylic acids is 1. The fourth-order valence-corrected chi connectivity index (χ4v) is 1.54. The van der Waals surface area contributed by atoms with Gasteiger partial charge in [0, 0.05) is 18.0 Å². The van der Waals surface area contributed by atoms with Crippen molar-refractivity contribution < 1.29 is 9.90 Å². The van der Waals surface area contributed by atoms with Gasteiger partial charge in [-0.05, 0) is 29.8 Å². The van der Waals surface area contributed by atoms with Crippen LogP contribution in [0.5, 0.6) is 5.75 Å². The second kappa shape index (κ2) is 6.27. The van der Waals surface area contributed by atoms with Crippen LogP contribution in [-0.2, 0) is 11.3 Å². The number of phenolic OH excluding ortho intramolecular Hbond substituents is 1. The van der Waals surface area contributed by atoms with E-state index in [2.05, 4.69) is 17.2 Å². The molecule has 0 aliphatic carbocycles. The van der Waals surface area contributed by atoms with E-state index in [1.54, 1.807) is 18.2 Å². The number of hydrogen-bond donors (Lipinski definition) is 2. The predicted molar refractivity (Wildman–Crippen MR) is 73.3 cm³/mol. The lowest BCUT2D eigenvalue weighted by Crippen LogP contribution is -2.20. The van der Waals surface area contributed by atoms with Crippen LogP contribution in [0, 0.1) is 11.8 Å². The van der Waals surface area contributed by atoms with Gasteiger partial charge in [-0.2, -0.15) is 0 Å². The van der Waals surface area contributed by atoms with Gasteiger partial charge in [-0.15, -0.1) is 0 Å². The first kappa shape index (κ1) is 12.7. The number of nitrogens with one attached hydrogen (secondary N) is 1. The van der Waals surface area contributed by atoms with Gasteiger partial charge in [-0.1, -0.05) is 36.3 Å². The van der Waals surface area contributed by atoms with Gasteiger partial charge < -0.3 is 10.4 Å². The molecule has 0 saturated heterocycles. The Hall–Kier alpha value is -2.73. The van der Waals surface area contributed by atoms with Gasteiger partial charge in [-0.3, -0.25) is 4.79 Å². The summed E-state index contributed by atoms with van der Waals surface area (Å²) in [6.45, 7) is 0.344. The number of hydrogen-bond acceptors (Lipinski definition) is 2. The van der Waals surface area contributed by atoms with E-state index in [9.17, 15) is 9.90 Å². The van der Waals surface area contributed by atoms with Gasteiger partial charge in [0.1, 0.15) is 5.75 Å². The molecule has 0 saturated carbocycles. The highest BCUT2D eigenvalue weighted by atomic mass is 16.3. The van der Waals surface area contributed by atoms with Gasteiger partial charge in [0.2, 0.25) is 0 Å². The minimum atomic E-state index is -0.341. The summed E-state index contributed by atoms with van der Waals surface area (Å²) in [6.07, 6.45) is 0. The molecular formula is C16H13NO2.